The van der Waals surface area contributed by atoms with Gasteiger partial charge in [-0.3, -0.25) is 37.7 Å². The molecule has 3 N–H and O–H groups in total. The van der Waals surface area contributed by atoms with Gasteiger partial charge in [0.25, 0.3) is 17.7 Å². The molecule has 610 valence electrons. The molecule has 1 saturated carbocycles. The molecule has 11 aromatic rings. The highest BCUT2D eigenvalue weighted by Gasteiger charge is 2.71. The molecule has 117 heavy (non-hydrogen) atoms. The number of quaternary nitrogens is 1. The van der Waals surface area contributed by atoms with Gasteiger partial charge < -0.3 is 39.7 Å². The quantitative estimate of drug-likeness (QED) is 0.0637. The van der Waals surface area contributed by atoms with Crippen LogP contribution in [0.4, 0.5) is 75.9 Å². The Balaban J connectivity index is 0.000000364. The van der Waals surface area contributed by atoms with Crippen molar-refractivity contribution in [2.75, 3.05) is 28.4 Å². The van der Waals surface area contributed by atoms with Gasteiger partial charge in [-0.25, -0.2) is 22.4 Å². The van der Waals surface area contributed by atoms with Gasteiger partial charge in [-0.2, -0.15) is 57.2 Å². The number of primary amides is 1. The smallest absolute Gasteiger partial charge is 0.416 e. The first-order chi connectivity index (χ1) is 54.9. The fourth-order valence-electron chi connectivity index (χ4n) is 16.4. The molecule has 2 aliphatic rings. The highest BCUT2D eigenvalue weighted by atomic mass is 19.4. The van der Waals surface area contributed by atoms with Gasteiger partial charge in [0.1, 0.15) is 17.6 Å². The largest absolute Gasteiger partial charge is 0.543 e. The number of carboxylic acids is 2. The molecule has 1 fully saturated rings. The SMILES string of the molecule is COc1cc2c(CC(N)=O)c(C)n(C(=O)c3ccc(C(F)(F)F)cc3)c2cc1F.COc1cc2c(cc1F)[N+](C(=O)c1ccc(C(F)(F)F)cc1)(C(C(=O)[O-])(c1c(C)n(C(=O)c3ccc(C(F)(F)F)cc3)c3cc(F)c(OC)cc13)C1CCCC1)C(C)=C2C(C(=O)O)c1c(C)n(C(=O)c2ccc(C(F)(F)F)cc2)c2cc(F)c(OC)cc12. The van der Waals surface area contributed by atoms with Crippen LogP contribution >= 0.6 is 0 Å². The third kappa shape index (κ3) is 14.0. The second kappa shape index (κ2) is 30.5. The highest BCUT2D eigenvalue weighted by molar-refractivity contribution is 6.18. The standard InChI is InChI=1S/C63H47F12N3O10.C20H16F4N2O3/c1-29-51(39-23-48(86-4)42(64)26-45(39)76(29)55(79)32-11-17-36(18-12-32)61(67,68)69)53(58(82)83)52-31(3)78(47-28-44(66)50(88-6)25-41(47)52,57(81)34-15-21-38(22-16-34)63(73,74)75)60(59(84)85,35-9-7-8-10-35)54-30(2)77(46-27-43(65)49(87-5)24-40(46)54)56(80)33-13-19-37(20-14-33)62(70,71)72;1-10-13(8-18(25)27)14-7-17(29-2)15(21)9-16(14)26(10)19(28)11-3-5-12(6-4-11)20(22,23)24/h11-28,35,53H,7-10H2,1-6H3,(H-,82,83,84,85);3-7,9H,8H2,1-2H3,(H2,25,27). The van der Waals surface area contributed by atoms with E-state index in [4.69, 9.17) is 24.7 Å². The summed E-state index contributed by atoms with van der Waals surface area (Å²) in [5.74, 6) is -19.5. The third-order valence-corrected chi connectivity index (χ3v) is 21.5. The molecule has 34 heteroatoms. The molecular weight excluding hydrogens is 1580 g/mol. The van der Waals surface area contributed by atoms with Crippen molar-refractivity contribution in [3.05, 3.63) is 258 Å². The van der Waals surface area contributed by atoms with Crippen LogP contribution in [0.5, 0.6) is 23.0 Å². The van der Waals surface area contributed by atoms with E-state index in [1.807, 2.05) is 0 Å². The number of fused-ring (bicyclic) bond motifs is 4. The molecule has 4 heterocycles. The number of allylic oxidation sites excluding steroid dienone is 1. The van der Waals surface area contributed by atoms with E-state index in [0.717, 1.165) is 134 Å². The summed E-state index contributed by atoms with van der Waals surface area (Å²) in [7, 11) is 4.32. The third-order valence-electron chi connectivity index (χ3n) is 21.5. The molecule has 0 spiro atoms. The lowest BCUT2D eigenvalue weighted by Gasteiger charge is -2.53. The van der Waals surface area contributed by atoms with Crippen molar-refractivity contribution >= 4 is 85.4 Å². The van der Waals surface area contributed by atoms with Crippen molar-refractivity contribution < 1.29 is 133 Å². The maximum Gasteiger partial charge on any atom is 0.416 e. The zero-order chi connectivity index (χ0) is 85.7. The average molecular weight is 1640 g/mol. The number of nitrogens with two attached hydrogens (primary N) is 1. The van der Waals surface area contributed by atoms with Gasteiger partial charge in [0.15, 0.2) is 57.5 Å². The molecule has 18 nitrogen and oxygen atoms in total. The van der Waals surface area contributed by atoms with Crippen molar-refractivity contribution in [2.24, 2.45) is 11.7 Å². The molecule has 0 saturated heterocycles. The zero-order valence-electron chi connectivity index (χ0n) is 62.3. The zero-order valence-corrected chi connectivity index (χ0v) is 62.3. The predicted octanol–water partition coefficient (Wildman–Crippen LogP) is 17.5. The Morgan fingerprint density at radius 3 is 1.20 bits per heavy atom. The second-order valence-corrected chi connectivity index (χ2v) is 27.7. The number of aliphatic carboxylic acids is 2. The van der Waals surface area contributed by atoms with Crippen LogP contribution in [-0.2, 0) is 51.0 Å². The molecule has 1 aliphatic heterocycles. The number of carbonyl (C=O) groups is 7. The molecule has 8 aromatic carbocycles. The predicted molar refractivity (Wildman–Crippen MR) is 388 cm³/mol. The number of halogens is 16. The van der Waals surface area contributed by atoms with Gasteiger partial charge in [-0.15, -0.1) is 0 Å². The number of alkyl halides is 12. The first kappa shape index (κ1) is 83.7. The summed E-state index contributed by atoms with van der Waals surface area (Å²) in [6.07, 6.45) is -19.6. The van der Waals surface area contributed by atoms with Crippen LogP contribution in [0.15, 0.2) is 151 Å². The molecule has 3 aromatic heterocycles. The molecule has 0 radical (unpaired) electrons. The van der Waals surface area contributed by atoms with Crippen molar-refractivity contribution in [1.82, 2.24) is 18.2 Å². The first-order valence-electron chi connectivity index (χ1n) is 35.1. The Labute approximate surface area is 651 Å². The number of rotatable bonds is 17. The van der Waals surface area contributed by atoms with Crippen LogP contribution < -0.4 is 34.3 Å². The minimum atomic E-state index is -5.05. The van der Waals surface area contributed by atoms with Gasteiger partial charge in [-0.05, 0) is 161 Å². The van der Waals surface area contributed by atoms with E-state index in [2.05, 4.69) is 0 Å². The van der Waals surface area contributed by atoms with Crippen LogP contribution in [0.3, 0.4) is 0 Å². The summed E-state index contributed by atoms with van der Waals surface area (Å²) < 4.78 is 251. The maximum absolute atomic E-state index is 17.4. The minimum absolute atomic E-state index is 0.0279. The van der Waals surface area contributed by atoms with E-state index < -0.39 is 223 Å². The lowest BCUT2D eigenvalue weighted by atomic mass is 9.71. The Bertz CT molecular complexity index is 5970. The number of carbonyl (C=O) groups excluding carboxylic acids is 6. The molecular formula is C83H63F16N5O13. The van der Waals surface area contributed by atoms with Crippen molar-refractivity contribution in [1.29, 1.82) is 0 Å². The Hall–Kier alpha value is -12.8. The Morgan fingerprint density at radius 2 is 0.821 bits per heavy atom. The fraction of sp³-hybridized carbons (Fsp3) is 0.241. The van der Waals surface area contributed by atoms with Gasteiger partial charge in [0.05, 0.1) is 84.8 Å². The molecule has 13 rings (SSSR count). The summed E-state index contributed by atoms with van der Waals surface area (Å²) >= 11 is 0. The Morgan fingerprint density at radius 1 is 0.479 bits per heavy atom. The normalized spacial score (nSPS) is 15.4. The Kier molecular flexibility index (Phi) is 21.8. The maximum atomic E-state index is 17.4. The first-order valence-corrected chi connectivity index (χ1v) is 35.1. The molecule has 2 amide bonds. The van der Waals surface area contributed by atoms with E-state index in [1.54, 1.807) is 6.92 Å². The number of hydrogen-bond donors (Lipinski definition) is 2. The van der Waals surface area contributed by atoms with Crippen LogP contribution in [0.25, 0.3) is 38.3 Å². The lowest BCUT2D eigenvalue weighted by molar-refractivity contribution is -0.321. The summed E-state index contributed by atoms with van der Waals surface area (Å²) in [6.45, 7) is 4.96. The number of methoxy groups -OCH3 is 4. The van der Waals surface area contributed by atoms with Crippen molar-refractivity contribution in [3.8, 4) is 23.0 Å². The van der Waals surface area contributed by atoms with Crippen molar-refractivity contribution in [3.63, 3.8) is 0 Å². The number of ether oxygens (including phenoxy) is 4. The summed E-state index contributed by atoms with van der Waals surface area (Å²) in [4.78, 5) is 102. The summed E-state index contributed by atoms with van der Waals surface area (Å²) in [5.41, 5.74) is -8.57. The van der Waals surface area contributed by atoms with E-state index in [1.165, 1.54) is 20.1 Å². The van der Waals surface area contributed by atoms with Gasteiger partial charge in [0, 0.05) is 104 Å². The monoisotopic (exact) mass is 1640 g/mol. The average Bonchev–Trinajstić information content (AvgIpc) is 1.49. The second-order valence-electron chi connectivity index (χ2n) is 27.7. The van der Waals surface area contributed by atoms with E-state index >= 15 is 32.7 Å². The summed E-state index contributed by atoms with van der Waals surface area (Å²) in [6, 6.07) is 19.0. The number of aromatic nitrogens is 3. The van der Waals surface area contributed by atoms with Gasteiger partial charge in [-0.1, -0.05) is 12.8 Å². The topological polar surface area (TPSA) is 241 Å². The molecule has 0 bridgehead atoms. The van der Waals surface area contributed by atoms with E-state index in [9.17, 15) is 81.4 Å². The van der Waals surface area contributed by atoms with E-state index in [-0.39, 0.29) is 60.0 Å². The minimum Gasteiger partial charge on any atom is -0.543 e. The highest BCUT2D eigenvalue weighted by Crippen LogP contribution is 2.64. The van der Waals surface area contributed by atoms with Gasteiger partial charge >= 0.3 is 36.6 Å². The van der Waals surface area contributed by atoms with Crippen LogP contribution in [0.2, 0.25) is 0 Å². The number of benzene rings is 8. The van der Waals surface area contributed by atoms with Crippen LogP contribution in [-0.4, -0.2) is 88.7 Å². The van der Waals surface area contributed by atoms with Crippen molar-refractivity contribution in [2.45, 2.75) is 96.0 Å². The fourth-order valence-corrected chi connectivity index (χ4v) is 16.4. The van der Waals surface area contributed by atoms with Gasteiger partial charge in [0.2, 0.25) is 5.91 Å². The number of nitrogens with zero attached hydrogens (tertiary/aromatic N) is 4. The molecule has 3 unspecified atom stereocenters. The van der Waals surface area contributed by atoms with Crippen LogP contribution in [0, 0.1) is 50.0 Å². The summed E-state index contributed by atoms with van der Waals surface area (Å²) in [5, 5.41) is 27.5. The van der Waals surface area contributed by atoms with E-state index in [0.29, 0.717) is 71.2 Å². The number of amides is 2. The number of hydrogen-bond acceptors (Lipinski definition) is 12. The van der Waals surface area contributed by atoms with Crippen LogP contribution in [0.1, 0.15) is 142 Å². The molecule has 1 aliphatic carbocycles. The molecule has 3 atom stereocenters. The lowest BCUT2D eigenvalue weighted by Crippen LogP contribution is -2.74. The number of carboxylic acid groups (broad SMARTS) is 2.